The van der Waals surface area contributed by atoms with Gasteiger partial charge in [-0.05, 0) is 32.8 Å². The Morgan fingerprint density at radius 2 is 2.37 bits per heavy atom. The molecule has 0 spiro atoms. The molecule has 19 heavy (non-hydrogen) atoms. The molecule has 3 N–H and O–H groups in total. The third kappa shape index (κ3) is 6.05. The fraction of sp³-hybridized carbons (Fsp3) is 0.538. The molecular formula is C13H22N4O2. The number of hydrogen-bond donors (Lipinski definition) is 2. The number of aromatic nitrogens is 2. The fourth-order valence-electron chi connectivity index (χ4n) is 1.49. The Balaban J connectivity index is 2.33. The van der Waals surface area contributed by atoms with E-state index in [0.717, 1.165) is 5.56 Å². The van der Waals surface area contributed by atoms with Crippen LogP contribution in [0.4, 0.5) is 4.79 Å². The summed E-state index contributed by atoms with van der Waals surface area (Å²) in [6, 6.07) is -0.185. The van der Waals surface area contributed by atoms with Crippen LogP contribution in [0.2, 0.25) is 0 Å². The molecule has 6 nitrogen and oxygen atoms in total. The summed E-state index contributed by atoms with van der Waals surface area (Å²) in [5.74, 6) is 0. The van der Waals surface area contributed by atoms with E-state index in [0.29, 0.717) is 13.0 Å². The van der Waals surface area contributed by atoms with E-state index in [1.165, 1.54) is 0 Å². The van der Waals surface area contributed by atoms with E-state index in [1.54, 1.807) is 17.1 Å². The van der Waals surface area contributed by atoms with Crippen LogP contribution in [0.15, 0.2) is 19.0 Å². The molecule has 0 aliphatic carbocycles. The van der Waals surface area contributed by atoms with Crippen LogP contribution < -0.4 is 11.1 Å². The van der Waals surface area contributed by atoms with Gasteiger partial charge in [-0.25, -0.2) is 9.48 Å². The topological polar surface area (TPSA) is 82.2 Å². The van der Waals surface area contributed by atoms with Crippen LogP contribution >= 0.6 is 0 Å². The molecule has 0 saturated heterocycles. The number of amides is 1. The Labute approximate surface area is 113 Å². The molecule has 106 valence electrons. The van der Waals surface area contributed by atoms with Crippen LogP contribution in [0.5, 0.6) is 0 Å². The average Bonchev–Trinajstić information content (AvgIpc) is 2.72. The van der Waals surface area contributed by atoms with E-state index in [9.17, 15) is 4.79 Å². The molecule has 1 aromatic heterocycles. The maximum absolute atomic E-state index is 11.4. The van der Waals surface area contributed by atoms with Crippen LogP contribution in [-0.2, 0) is 11.2 Å². The summed E-state index contributed by atoms with van der Waals surface area (Å²) in [4.78, 5) is 11.4. The maximum Gasteiger partial charge on any atom is 0.407 e. The number of rotatable bonds is 5. The molecule has 1 atom stereocenters. The second-order valence-corrected chi connectivity index (χ2v) is 5.36. The summed E-state index contributed by atoms with van der Waals surface area (Å²) in [6.07, 6.45) is 5.36. The Morgan fingerprint density at radius 1 is 1.68 bits per heavy atom. The third-order valence-corrected chi connectivity index (χ3v) is 2.25. The number of alkyl carbamates (subject to hydrolysis) is 1. The second-order valence-electron chi connectivity index (χ2n) is 5.36. The Hall–Kier alpha value is -1.82. The van der Waals surface area contributed by atoms with Gasteiger partial charge in [-0.2, -0.15) is 5.10 Å². The van der Waals surface area contributed by atoms with Crippen LogP contribution in [-0.4, -0.2) is 34.1 Å². The fourth-order valence-corrected chi connectivity index (χ4v) is 1.49. The predicted octanol–water partition coefficient (Wildman–Crippen LogP) is 1.38. The van der Waals surface area contributed by atoms with Crippen LogP contribution in [0.25, 0.3) is 6.20 Å². The Bertz CT molecular complexity index is 434. The highest BCUT2D eigenvalue weighted by Crippen LogP contribution is 2.06. The first kappa shape index (κ1) is 15.2. The molecule has 0 fully saturated rings. The molecule has 1 amide bonds. The molecule has 0 aliphatic heterocycles. The average molecular weight is 266 g/mol. The summed E-state index contributed by atoms with van der Waals surface area (Å²) in [6.45, 7) is 9.41. The highest BCUT2D eigenvalue weighted by molar-refractivity contribution is 5.67. The molecule has 1 heterocycles. The molecule has 1 unspecified atom stereocenters. The zero-order chi connectivity index (χ0) is 14.5. The molecular weight excluding hydrogens is 244 g/mol. The smallest absolute Gasteiger partial charge is 0.407 e. The molecule has 1 rings (SSSR count). The van der Waals surface area contributed by atoms with Gasteiger partial charge in [-0.3, -0.25) is 0 Å². The van der Waals surface area contributed by atoms with Gasteiger partial charge >= 0.3 is 6.09 Å². The lowest BCUT2D eigenvalue weighted by Gasteiger charge is -2.20. The summed E-state index contributed by atoms with van der Waals surface area (Å²) in [5, 5.41) is 6.71. The quantitative estimate of drug-likeness (QED) is 0.843. The Kier molecular flexibility index (Phi) is 5.11. The van der Waals surface area contributed by atoms with Crippen molar-refractivity contribution in [2.45, 2.75) is 38.8 Å². The SMILES string of the molecule is C=Cn1cc(CC(N)CNC(=O)OC(C)(C)C)cn1. The van der Waals surface area contributed by atoms with Crippen LogP contribution in [0.1, 0.15) is 26.3 Å². The first-order valence-electron chi connectivity index (χ1n) is 6.18. The van der Waals surface area contributed by atoms with Crippen LogP contribution in [0, 0.1) is 0 Å². The van der Waals surface area contributed by atoms with Crippen molar-refractivity contribution in [2.24, 2.45) is 5.73 Å². The zero-order valence-electron chi connectivity index (χ0n) is 11.7. The lowest BCUT2D eigenvalue weighted by Crippen LogP contribution is -2.41. The monoisotopic (exact) mass is 266 g/mol. The lowest BCUT2D eigenvalue weighted by atomic mass is 10.1. The second kappa shape index (κ2) is 6.38. The van der Waals surface area contributed by atoms with Crippen molar-refractivity contribution in [3.63, 3.8) is 0 Å². The van der Waals surface area contributed by atoms with Gasteiger partial charge in [0.1, 0.15) is 5.60 Å². The Morgan fingerprint density at radius 3 is 2.89 bits per heavy atom. The minimum Gasteiger partial charge on any atom is -0.444 e. The molecule has 0 aromatic carbocycles. The predicted molar refractivity (Wildman–Crippen MR) is 74.5 cm³/mol. The summed E-state index contributed by atoms with van der Waals surface area (Å²) in [5.41, 5.74) is 6.43. The van der Waals surface area contributed by atoms with E-state index in [1.807, 2.05) is 27.0 Å². The van der Waals surface area contributed by atoms with Crippen molar-refractivity contribution in [3.8, 4) is 0 Å². The van der Waals surface area contributed by atoms with Gasteiger partial charge in [-0.1, -0.05) is 6.58 Å². The number of nitrogens with one attached hydrogen (secondary N) is 1. The van der Waals surface area contributed by atoms with Gasteiger partial charge in [0, 0.05) is 25.0 Å². The van der Waals surface area contributed by atoms with E-state index in [4.69, 9.17) is 10.5 Å². The van der Waals surface area contributed by atoms with Gasteiger partial charge in [-0.15, -0.1) is 0 Å². The standard InChI is InChI=1S/C13H22N4O2/c1-5-17-9-10(7-16-17)6-11(14)8-15-12(18)19-13(2,3)4/h5,7,9,11H,1,6,8,14H2,2-4H3,(H,15,18). The number of hydrogen-bond acceptors (Lipinski definition) is 4. The van der Waals surface area contributed by atoms with Crippen molar-refractivity contribution >= 4 is 12.3 Å². The van der Waals surface area contributed by atoms with Gasteiger partial charge < -0.3 is 15.8 Å². The number of ether oxygens (including phenoxy) is 1. The van der Waals surface area contributed by atoms with Gasteiger partial charge in [0.15, 0.2) is 0 Å². The van der Waals surface area contributed by atoms with Crippen molar-refractivity contribution in [1.82, 2.24) is 15.1 Å². The highest BCUT2D eigenvalue weighted by atomic mass is 16.6. The van der Waals surface area contributed by atoms with E-state index in [2.05, 4.69) is 17.0 Å². The van der Waals surface area contributed by atoms with Gasteiger partial charge in [0.25, 0.3) is 0 Å². The van der Waals surface area contributed by atoms with Crippen molar-refractivity contribution in [3.05, 3.63) is 24.5 Å². The van der Waals surface area contributed by atoms with E-state index >= 15 is 0 Å². The number of nitrogens with two attached hydrogens (primary N) is 1. The van der Waals surface area contributed by atoms with Crippen molar-refractivity contribution in [2.75, 3.05) is 6.54 Å². The summed E-state index contributed by atoms with van der Waals surface area (Å²) in [7, 11) is 0. The summed E-state index contributed by atoms with van der Waals surface area (Å²) < 4.78 is 6.74. The maximum atomic E-state index is 11.4. The number of carbonyl (C=O) groups is 1. The molecule has 0 aliphatic rings. The van der Waals surface area contributed by atoms with Gasteiger partial charge in [0.2, 0.25) is 0 Å². The lowest BCUT2D eigenvalue weighted by molar-refractivity contribution is 0.0524. The van der Waals surface area contributed by atoms with E-state index < -0.39 is 11.7 Å². The number of nitrogens with zero attached hydrogens (tertiary/aromatic N) is 2. The minimum absolute atomic E-state index is 0.185. The molecule has 0 bridgehead atoms. The molecule has 0 saturated carbocycles. The van der Waals surface area contributed by atoms with E-state index in [-0.39, 0.29) is 6.04 Å². The highest BCUT2D eigenvalue weighted by Gasteiger charge is 2.16. The molecule has 0 radical (unpaired) electrons. The normalized spacial score (nSPS) is 12.8. The van der Waals surface area contributed by atoms with Crippen molar-refractivity contribution in [1.29, 1.82) is 0 Å². The van der Waals surface area contributed by atoms with Crippen LogP contribution in [0.3, 0.4) is 0 Å². The first-order valence-corrected chi connectivity index (χ1v) is 6.18. The zero-order valence-corrected chi connectivity index (χ0v) is 11.7. The first-order chi connectivity index (χ1) is 8.80. The summed E-state index contributed by atoms with van der Waals surface area (Å²) >= 11 is 0. The molecule has 1 aromatic rings. The largest absolute Gasteiger partial charge is 0.444 e. The van der Waals surface area contributed by atoms with Crippen molar-refractivity contribution < 1.29 is 9.53 Å². The number of carbonyl (C=O) groups excluding carboxylic acids is 1. The third-order valence-electron chi connectivity index (χ3n) is 2.25. The molecule has 6 heteroatoms. The van der Waals surface area contributed by atoms with Gasteiger partial charge in [0.05, 0.1) is 6.20 Å². The minimum atomic E-state index is -0.501.